The molecule has 1 rings (SSSR count). The molecule has 0 bridgehead atoms. The Hall–Kier alpha value is -0.0800. The standard InChI is InChI=1S/C9H19NO/c1-8(9(2)4-5-9)10-6-3-7-11/h8,10-11H,3-7H2,1-2H3. The van der Waals surface area contributed by atoms with Crippen LogP contribution in [0.3, 0.4) is 0 Å². The molecule has 1 saturated carbocycles. The summed E-state index contributed by atoms with van der Waals surface area (Å²) in [7, 11) is 0. The highest BCUT2D eigenvalue weighted by atomic mass is 16.3. The summed E-state index contributed by atoms with van der Waals surface area (Å²) in [6.45, 7) is 5.82. The summed E-state index contributed by atoms with van der Waals surface area (Å²) >= 11 is 0. The molecule has 0 radical (unpaired) electrons. The predicted molar refractivity (Wildman–Crippen MR) is 46.5 cm³/mol. The Labute approximate surface area is 69.0 Å². The van der Waals surface area contributed by atoms with E-state index in [0.29, 0.717) is 18.1 Å². The molecule has 0 amide bonds. The lowest BCUT2D eigenvalue weighted by molar-refractivity contribution is 0.277. The first kappa shape index (κ1) is 9.01. The van der Waals surface area contributed by atoms with Crippen LogP contribution in [-0.2, 0) is 0 Å². The molecule has 1 aliphatic carbocycles. The Kier molecular flexibility index (Phi) is 2.90. The van der Waals surface area contributed by atoms with Crippen molar-refractivity contribution < 1.29 is 5.11 Å². The fraction of sp³-hybridized carbons (Fsp3) is 1.00. The van der Waals surface area contributed by atoms with Crippen molar-refractivity contribution in [2.75, 3.05) is 13.2 Å². The van der Waals surface area contributed by atoms with E-state index >= 15 is 0 Å². The first-order valence-corrected chi connectivity index (χ1v) is 4.53. The van der Waals surface area contributed by atoms with Gasteiger partial charge in [-0.3, -0.25) is 0 Å². The van der Waals surface area contributed by atoms with E-state index in [1.807, 2.05) is 0 Å². The van der Waals surface area contributed by atoms with Gasteiger partial charge in [-0.1, -0.05) is 6.92 Å². The largest absolute Gasteiger partial charge is 0.396 e. The first-order valence-electron chi connectivity index (χ1n) is 4.53. The summed E-state index contributed by atoms with van der Waals surface area (Å²) in [4.78, 5) is 0. The van der Waals surface area contributed by atoms with Crippen LogP contribution < -0.4 is 5.32 Å². The summed E-state index contributed by atoms with van der Waals surface area (Å²) in [6, 6.07) is 0.619. The number of hydrogen-bond donors (Lipinski definition) is 2. The second kappa shape index (κ2) is 3.55. The van der Waals surface area contributed by atoms with Crippen molar-refractivity contribution in [1.29, 1.82) is 0 Å². The van der Waals surface area contributed by atoms with E-state index in [1.54, 1.807) is 0 Å². The van der Waals surface area contributed by atoms with Gasteiger partial charge in [-0.2, -0.15) is 0 Å². The summed E-state index contributed by atoms with van der Waals surface area (Å²) in [5.74, 6) is 0. The van der Waals surface area contributed by atoms with Crippen LogP contribution in [0.15, 0.2) is 0 Å². The maximum atomic E-state index is 8.56. The molecule has 66 valence electrons. The summed E-state index contributed by atoms with van der Waals surface area (Å²) in [6.07, 6.45) is 3.60. The average Bonchev–Trinajstić information content (AvgIpc) is 2.70. The molecular formula is C9H19NO. The molecular weight excluding hydrogens is 138 g/mol. The van der Waals surface area contributed by atoms with Gasteiger partial charge in [0.1, 0.15) is 0 Å². The van der Waals surface area contributed by atoms with E-state index in [9.17, 15) is 0 Å². The van der Waals surface area contributed by atoms with Gasteiger partial charge >= 0.3 is 0 Å². The van der Waals surface area contributed by atoms with Gasteiger partial charge in [0.25, 0.3) is 0 Å². The third kappa shape index (κ3) is 2.46. The van der Waals surface area contributed by atoms with Crippen LogP contribution in [0.1, 0.15) is 33.1 Å². The third-order valence-corrected chi connectivity index (χ3v) is 2.87. The van der Waals surface area contributed by atoms with E-state index in [-0.39, 0.29) is 0 Å². The lowest BCUT2D eigenvalue weighted by Gasteiger charge is -2.19. The zero-order valence-corrected chi connectivity index (χ0v) is 7.56. The monoisotopic (exact) mass is 157 g/mol. The van der Waals surface area contributed by atoms with Gasteiger partial charge in [0.05, 0.1) is 0 Å². The van der Waals surface area contributed by atoms with Crippen molar-refractivity contribution in [2.45, 2.75) is 39.2 Å². The quantitative estimate of drug-likeness (QED) is 0.587. The molecule has 0 spiro atoms. The van der Waals surface area contributed by atoms with Crippen molar-refractivity contribution in [3.05, 3.63) is 0 Å². The zero-order valence-electron chi connectivity index (χ0n) is 7.56. The van der Waals surface area contributed by atoms with Gasteiger partial charge in [-0.25, -0.2) is 0 Å². The van der Waals surface area contributed by atoms with Crippen molar-refractivity contribution in [2.24, 2.45) is 5.41 Å². The molecule has 2 nitrogen and oxygen atoms in total. The van der Waals surface area contributed by atoms with Crippen LogP contribution in [-0.4, -0.2) is 24.3 Å². The third-order valence-electron chi connectivity index (χ3n) is 2.87. The molecule has 2 N–H and O–H groups in total. The van der Waals surface area contributed by atoms with Gasteiger partial charge in [-0.05, 0) is 38.1 Å². The summed E-state index contributed by atoms with van der Waals surface area (Å²) < 4.78 is 0. The molecule has 0 heterocycles. The topological polar surface area (TPSA) is 32.3 Å². The van der Waals surface area contributed by atoms with Crippen LogP contribution in [0.25, 0.3) is 0 Å². The first-order chi connectivity index (χ1) is 5.19. The molecule has 1 unspecified atom stereocenters. The minimum atomic E-state index is 0.302. The van der Waals surface area contributed by atoms with E-state index in [0.717, 1.165) is 13.0 Å². The van der Waals surface area contributed by atoms with Crippen molar-refractivity contribution in [1.82, 2.24) is 5.32 Å². The number of rotatable bonds is 5. The normalized spacial score (nSPS) is 23.2. The fourth-order valence-corrected chi connectivity index (χ4v) is 1.27. The molecule has 0 aromatic heterocycles. The maximum Gasteiger partial charge on any atom is 0.0443 e. The average molecular weight is 157 g/mol. The molecule has 0 aromatic carbocycles. The number of aliphatic hydroxyl groups is 1. The molecule has 0 aliphatic heterocycles. The highest BCUT2D eigenvalue weighted by Gasteiger charge is 2.41. The zero-order chi connectivity index (χ0) is 8.32. The highest BCUT2D eigenvalue weighted by Crippen LogP contribution is 2.47. The fourth-order valence-electron chi connectivity index (χ4n) is 1.27. The Bertz CT molecular complexity index is 121. The molecule has 1 atom stereocenters. The van der Waals surface area contributed by atoms with E-state index in [4.69, 9.17) is 5.11 Å². The van der Waals surface area contributed by atoms with Gasteiger partial charge < -0.3 is 10.4 Å². The summed E-state index contributed by atoms with van der Waals surface area (Å²) in [5.41, 5.74) is 0.565. The van der Waals surface area contributed by atoms with Gasteiger partial charge in [0.2, 0.25) is 0 Å². The lowest BCUT2D eigenvalue weighted by Crippen LogP contribution is -2.34. The second-order valence-corrected chi connectivity index (χ2v) is 3.91. The Balaban J connectivity index is 2.06. The lowest BCUT2D eigenvalue weighted by atomic mass is 10.0. The van der Waals surface area contributed by atoms with Crippen molar-refractivity contribution in [3.8, 4) is 0 Å². The molecule has 1 fully saturated rings. The Morgan fingerprint density at radius 2 is 2.18 bits per heavy atom. The van der Waals surface area contributed by atoms with Gasteiger partial charge in [-0.15, -0.1) is 0 Å². The van der Waals surface area contributed by atoms with Crippen LogP contribution in [0, 0.1) is 5.41 Å². The van der Waals surface area contributed by atoms with Gasteiger partial charge in [0, 0.05) is 12.6 Å². The number of hydrogen-bond acceptors (Lipinski definition) is 2. The van der Waals surface area contributed by atoms with Crippen molar-refractivity contribution in [3.63, 3.8) is 0 Å². The van der Waals surface area contributed by atoms with Gasteiger partial charge in [0.15, 0.2) is 0 Å². The summed E-state index contributed by atoms with van der Waals surface area (Å²) in [5, 5.41) is 12.0. The van der Waals surface area contributed by atoms with E-state index < -0.39 is 0 Å². The minimum absolute atomic E-state index is 0.302. The highest BCUT2D eigenvalue weighted by molar-refractivity contribution is 4.96. The molecule has 1 aliphatic rings. The maximum absolute atomic E-state index is 8.56. The smallest absolute Gasteiger partial charge is 0.0443 e. The molecule has 2 heteroatoms. The molecule has 0 saturated heterocycles. The Morgan fingerprint density at radius 3 is 2.64 bits per heavy atom. The van der Waals surface area contributed by atoms with Crippen LogP contribution in [0.2, 0.25) is 0 Å². The van der Waals surface area contributed by atoms with Crippen LogP contribution in [0.4, 0.5) is 0 Å². The number of aliphatic hydroxyl groups excluding tert-OH is 1. The number of nitrogens with one attached hydrogen (secondary N) is 1. The van der Waals surface area contributed by atoms with E-state index in [1.165, 1.54) is 12.8 Å². The molecule has 11 heavy (non-hydrogen) atoms. The van der Waals surface area contributed by atoms with Crippen LogP contribution >= 0.6 is 0 Å². The van der Waals surface area contributed by atoms with Crippen molar-refractivity contribution >= 4 is 0 Å². The van der Waals surface area contributed by atoms with Crippen LogP contribution in [0.5, 0.6) is 0 Å². The predicted octanol–water partition coefficient (Wildman–Crippen LogP) is 1.15. The second-order valence-electron chi connectivity index (χ2n) is 3.91. The molecule has 0 aromatic rings. The van der Waals surface area contributed by atoms with E-state index in [2.05, 4.69) is 19.2 Å². The minimum Gasteiger partial charge on any atom is -0.396 e. The SMILES string of the molecule is CC(NCCCO)C1(C)CC1. The Morgan fingerprint density at radius 1 is 1.55 bits per heavy atom.